The number of urea groups is 1. The molecule has 3 aromatic rings. The normalized spacial score (nSPS) is 16.0. The van der Waals surface area contributed by atoms with Crippen molar-refractivity contribution in [3.63, 3.8) is 0 Å². The lowest BCUT2D eigenvalue weighted by atomic mass is 10.0. The Bertz CT molecular complexity index is 1050. The van der Waals surface area contributed by atoms with Crippen LogP contribution in [0, 0.1) is 18.3 Å². The molecule has 0 aliphatic carbocycles. The second kappa shape index (κ2) is 7.61. The number of aromatic nitrogens is 1. The molecule has 1 aromatic heterocycles. The van der Waals surface area contributed by atoms with Crippen molar-refractivity contribution in [3.05, 3.63) is 89.2 Å². The standard InChI is InChI=1S/C23H22N4O/c1-17-6-2-8-19(14-17)22-21-10-4-11-26(21)12-5-13-27(22)23(28)25-20-9-3-7-18(15-20)16-24/h2-4,6-11,14-15,22H,5,12-13H2,1H3,(H,25,28). The third-order valence-electron chi connectivity index (χ3n) is 5.12. The van der Waals surface area contributed by atoms with Crippen LogP contribution in [0.1, 0.15) is 34.8 Å². The molecule has 28 heavy (non-hydrogen) atoms. The molecule has 5 nitrogen and oxygen atoms in total. The van der Waals surface area contributed by atoms with E-state index >= 15 is 0 Å². The maximum atomic E-state index is 13.2. The molecule has 0 spiro atoms. The molecule has 1 unspecified atom stereocenters. The first kappa shape index (κ1) is 17.9. The lowest BCUT2D eigenvalue weighted by molar-refractivity contribution is 0.199. The van der Waals surface area contributed by atoms with Crippen LogP contribution in [0.4, 0.5) is 10.5 Å². The zero-order valence-corrected chi connectivity index (χ0v) is 15.8. The first-order valence-electron chi connectivity index (χ1n) is 9.45. The van der Waals surface area contributed by atoms with E-state index in [1.807, 2.05) is 17.0 Å². The maximum Gasteiger partial charge on any atom is 0.322 e. The number of nitriles is 1. The van der Waals surface area contributed by atoms with Gasteiger partial charge in [-0.05, 0) is 49.2 Å². The van der Waals surface area contributed by atoms with Crippen LogP contribution in [0.25, 0.3) is 0 Å². The number of nitrogens with one attached hydrogen (secondary N) is 1. The predicted octanol–water partition coefficient (Wildman–Crippen LogP) is 4.70. The molecule has 1 aliphatic heterocycles. The molecule has 5 heteroatoms. The van der Waals surface area contributed by atoms with Crippen LogP contribution in [0.2, 0.25) is 0 Å². The van der Waals surface area contributed by atoms with Gasteiger partial charge in [-0.15, -0.1) is 0 Å². The predicted molar refractivity (Wildman–Crippen MR) is 109 cm³/mol. The molecule has 0 fully saturated rings. The fourth-order valence-corrected chi connectivity index (χ4v) is 3.85. The number of amides is 2. The second-order valence-electron chi connectivity index (χ2n) is 7.11. The number of fused-ring (bicyclic) bond motifs is 1. The highest BCUT2D eigenvalue weighted by atomic mass is 16.2. The van der Waals surface area contributed by atoms with Gasteiger partial charge in [-0.1, -0.05) is 35.9 Å². The monoisotopic (exact) mass is 370 g/mol. The van der Waals surface area contributed by atoms with Crippen LogP contribution < -0.4 is 5.32 Å². The summed E-state index contributed by atoms with van der Waals surface area (Å²) in [5.41, 5.74) is 4.54. The summed E-state index contributed by atoms with van der Waals surface area (Å²) in [6.45, 7) is 3.61. The number of carbonyl (C=O) groups is 1. The molecule has 0 radical (unpaired) electrons. The Balaban J connectivity index is 1.71. The molecule has 4 rings (SSSR count). The molecule has 0 bridgehead atoms. The number of hydrogen-bond donors (Lipinski definition) is 1. The second-order valence-corrected chi connectivity index (χ2v) is 7.11. The average molecular weight is 370 g/mol. The summed E-state index contributed by atoms with van der Waals surface area (Å²) >= 11 is 0. The number of aryl methyl sites for hydroxylation is 2. The summed E-state index contributed by atoms with van der Waals surface area (Å²) < 4.78 is 2.23. The Morgan fingerprint density at radius 1 is 1.11 bits per heavy atom. The number of benzene rings is 2. The Labute approximate surface area is 164 Å². The first-order chi connectivity index (χ1) is 13.7. The molecule has 2 aromatic carbocycles. The van der Waals surface area contributed by atoms with Gasteiger partial charge in [0.2, 0.25) is 0 Å². The van der Waals surface area contributed by atoms with Gasteiger partial charge in [0.05, 0.1) is 17.7 Å². The minimum atomic E-state index is -0.156. The van der Waals surface area contributed by atoms with E-state index in [-0.39, 0.29) is 12.1 Å². The highest BCUT2D eigenvalue weighted by molar-refractivity contribution is 5.90. The zero-order chi connectivity index (χ0) is 19.5. The lowest BCUT2D eigenvalue weighted by Crippen LogP contribution is -2.38. The van der Waals surface area contributed by atoms with Crippen molar-refractivity contribution >= 4 is 11.7 Å². The Morgan fingerprint density at radius 3 is 2.79 bits per heavy atom. The van der Waals surface area contributed by atoms with Crippen LogP contribution in [-0.2, 0) is 6.54 Å². The third kappa shape index (κ3) is 3.49. The Morgan fingerprint density at radius 2 is 1.96 bits per heavy atom. The van der Waals surface area contributed by atoms with Crippen LogP contribution in [0.5, 0.6) is 0 Å². The zero-order valence-electron chi connectivity index (χ0n) is 15.8. The number of hydrogen-bond acceptors (Lipinski definition) is 2. The highest BCUT2D eigenvalue weighted by Gasteiger charge is 2.30. The fraction of sp³-hybridized carbons (Fsp3) is 0.217. The molecule has 1 aliphatic rings. The first-order valence-corrected chi connectivity index (χ1v) is 9.45. The number of nitrogens with zero attached hydrogens (tertiary/aromatic N) is 3. The molecule has 1 atom stereocenters. The van der Waals surface area contributed by atoms with Crippen LogP contribution >= 0.6 is 0 Å². The van der Waals surface area contributed by atoms with E-state index in [1.54, 1.807) is 24.3 Å². The van der Waals surface area contributed by atoms with E-state index in [4.69, 9.17) is 5.26 Å². The van der Waals surface area contributed by atoms with Gasteiger partial charge < -0.3 is 14.8 Å². The van der Waals surface area contributed by atoms with Crippen molar-refractivity contribution in [1.82, 2.24) is 9.47 Å². The van der Waals surface area contributed by atoms with Crippen molar-refractivity contribution in [1.29, 1.82) is 5.26 Å². The van der Waals surface area contributed by atoms with Gasteiger partial charge in [0, 0.05) is 30.7 Å². The smallest absolute Gasteiger partial charge is 0.322 e. The van der Waals surface area contributed by atoms with E-state index in [9.17, 15) is 4.79 Å². The van der Waals surface area contributed by atoms with Gasteiger partial charge in [-0.3, -0.25) is 0 Å². The fourth-order valence-electron chi connectivity index (χ4n) is 3.85. The maximum absolute atomic E-state index is 13.2. The molecule has 0 saturated heterocycles. The Hall–Kier alpha value is -3.52. The third-order valence-corrected chi connectivity index (χ3v) is 5.12. The van der Waals surface area contributed by atoms with Crippen molar-refractivity contribution in [2.75, 3.05) is 11.9 Å². The summed E-state index contributed by atoms with van der Waals surface area (Å²) in [4.78, 5) is 15.1. The average Bonchev–Trinajstić information content (AvgIpc) is 3.07. The molecule has 0 saturated carbocycles. The van der Waals surface area contributed by atoms with Gasteiger partial charge >= 0.3 is 6.03 Å². The molecule has 140 valence electrons. The van der Waals surface area contributed by atoms with E-state index in [2.05, 4.69) is 53.3 Å². The minimum absolute atomic E-state index is 0.156. The van der Waals surface area contributed by atoms with Crippen molar-refractivity contribution in [2.24, 2.45) is 0 Å². The van der Waals surface area contributed by atoms with Gasteiger partial charge in [-0.2, -0.15) is 5.26 Å². The van der Waals surface area contributed by atoms with Crippen molar-refractivity contribution < 1.29 is 4.79 Å². The molecular weight excluding hydrogens is 348 g/mol. The summed E-state index contributed by atoms with van der Waals surface area (Å²) in [5, 5.41) is 12.1. The summed E-state index contributed by atoms with van der Waals surface area (Å²) in [6, 6.07) is 21.3. The Kier molecular flexibility index (Phi) is 4.86. The topological polar surface area (TPSA) is 61.1 Å². The number of carbonyl (C=O) groups excluding carboxylic acids is 1. The van der Waals surface area contributed by atoms with Crippen molar-refractivity contribution in [2.45, 2.75) is 25.9 Å². The van der Waals surface area contributed by atoms with E-state index < -0.39 is 0 Å². The van der Waals surface area contributed by atoms with Crippen LogP contribution in [0.3, 0.4) is 0 Å². The van der Waals surface area contributed by atoms with Gasteiger partial charge in [0.1, 0.15) is 0 Å². The van der Waals surface area contributed by atoms with Crippen LogP contribution in [0.15, 0.2) is 66.9 Å². The van der Waals surface area contributed by atoms with Gasteiger partial charge in [0.25, 0.3) is 0 Å². The molecular formula is C23H22N4O. The SMILES string of the molecule is Cc1cccc(C2c3cccn3CCCN2C(=O)Nc2cccc(C#N)c2)c1. The largest absolute Gasteiger partial charge is 0.349 e. The molecule has 2 amide bonds. The van der Waals surface area contributed by atoms with Crippen LogP contribution in [-0.4, -0.2) is 22.0 Å². The van der Waals surface area contributed by atoms with Crippen molar-refractivity contribution in [3.8, 4) is 6.07 Å². The number of rotatable bonds is 2. The lowest BCUT2D eigenvalue weighted by Gasteiger charge is -2.31. The number of anilines is 1. The van der Waals surface area contributed by atoms with Gasteiger partial charge in [0.15, 0.2) is 0 Å². The van der Waals surface area contributed by atoms with Gasteiger partial charge in [-0.25, -0.2) is 4.79 Å². The molecule has 1 N–H and O–H groups in total. The van der Waals surface area contributed by atoms with E-state index in [1.165, 1.54) is 5.56 Å². The quantitative estimate of drug-likeness (QED) is 0.711. The summed E-state index contributed by atoms with van der Waals surface area (Å²) in [7, 11) is 0. The minimum Gasteiger partial charge on any atom is -0.349 e. The molecule has 2 heterocycles. The van der Waals surface area contributed by atoms with E-state index in [0.717, 1.165) is 24.2 Å². The van der Waals surface area contributed by atoms with E-state index in [0.29, 0.717) is 17.8 Å². The summed E-state index contributed by atoms with van der Waals surface area (Å²) in [6.07, 6.45) is 2.96. The highest BCUT2D eigenvalue weighted by Crippen LogP contribution is 2.32. The summed E-state index contributed by atoms with van der Waals surface area (Å²) in [5.74, 6) is 0.